The lowest BCUT2D eigenvalue weighted by Gasteiger charge is -2.14. The predicted molar refractivity (Wildman–Crippen MR) is 427 cm³/mol. The number of nitrogens with zero attached hydrogens (tertiary/aromatic N) is 9. The van der Waals surface area contributed by atoms with Crippen LogP contribution in [-0.2, 0) is 0 Å². The van der Waals surface area contributed by atoms with Gasteiger partial charge < -0.3 is 22.8 Å². The summed E-state index contributed by atoms with van der Waals surface area (Å²) in [5.74, 6) is 0. The Balaban J connectivity index is 0.000000139. The van der Waals surface area contributed by atoms with Gasteiger partial charge in [-0.25, -0.2) is 0 Å². The average molecular weight is 1340 g/mol. The molecule has 104 heavy (non-hydrogen) atoms. The first-order valence-electron chi connectivity index (χ1n) is 34.4. The Kier molecular flexibility index (Phi) is 13.5. The molecule has 0 amide bonds. The number of thiophene rings is 1. The van der Waals surface area contributed by atoms with Crippen LogP contribution in [0.5, 0.6) is 0 Å². The van der Waals surface area contributed by atoms with Gasteiger partial charge in [0.1, 0.15) is 0 Å². The van der Waals surface area contributed by atoms with Crippen LogP contribution in [0.1, 0.15) is 22.3 Å². The Morgan fingerprint density at radius 3 is 0.837 bits per heavy atom. The van der Waals surface area contributed by atoms with E-state index in [0.29, 0.717) is 22.3 Å². The van der Waals surface area contributed by atoms with Gasteiger partial charge in [0.2, 0.25) is 0 Å². The first-order valence-corrected chi connectivity index (χ1v) is 35.3. The van der Waals surface area contributed by atoms with Gasteiger partial charge in [-0.1, -0.05) is 170 Å². The predicted octanol–water partition coefficient (Wildman–Crippen LogP) is 24.0. The number of hydrogen-bond acceptors (Lipinski definition) is 5. The Bertz CT molecular complexity index is 7320. The van der Waals surface area contributed by atoms with Crippen molar-refractivity contribution in [1.82, 2.24) is 22.8 Å². The summed E-state index contributed by atoms with van der Waals surface area (Å²) in [6.07, 6.45) is 0. The monoisotopic (exact) mass is 1340 g/mol. The maximum atomic E-state index is 10.5. The second kappa shape index (κ2) is 23.6. The van der Waals surface area contributed by atoms with Gasteiger partial charge in [0, 0.05) is 102 Å². The first-order chi connectivity index (χ1) is 51.4. The lowest BCUT2D eigenvalue weighted by molar-refractivity contribution is 1.17. The third-order valence-corrected chi connectivity index (χ3v) is 21.9. The zero-order valence-electron chi connectivity index (χ0n) is 55.5. The van der Waals surface area contributed by atoms with Crippen molar-refractivity contribution in [2.24, 2.45) is 0 Å². The quantitative estimate of drug-likeness (QED) is 0.158. The zero-order valence-corrected chi connectivity index (χ0v) is 56.3. The highest BCUT2D eigenvalue weighted by molar-refractivity contribution is 7.26. The molecule has 0 spiro atoms. The van der Waals surface area contributed by atoms with Gasteiger partial charge in [-0.2, -0.15) is 21.0 Å². The maximum Gasteiger partial charge on any atom is 0.0992 e. The Morgan fingerprint density at radius 2 is 0.471 bits per heavy atom. The molecule has 0 saturated carbocycles. The van der Waals surface area contributed by atoms with Crippen molar-refractivity contribution in [2.45, 2.75) is 0 Å². The summed E-state index contributed by atoms with van der Waals surface area (Å²) < 4.78 is 13.9. The first kappa shape index (κ1) is 59.5. The maximum absolute atomic E-state index is 10.5. The molecule has 9 nitrogen and oxygen atoms in total. The van der Waals surface area contributed by atoms with Crippen molar-refractivity contribution >= 4 is 141 Å². The normalized spacial score (nSPS) is 11.6. The number of aromatic nitrogens is 5. The van der Waals surface area contributed by atoms with Gasteiger partial charge in [-0.05, 0) is 174 Å². The highest BCUT2D eigenvalue weighted by atomic mass is 32.1. The Labute approximate surface area is 599 Å². The molecule has 0 aliphatic heterocycles. The number of benzene rings is 15. The minimum atomic E-state index is 0.543. The molecule has 21 aromatic rings. The molecule has 6 aromatic heterocycles. The lowest BCUT2D eigenvalue weighted by atomic mass is 9.99. The summed E-state index contributed by atoms with van der Waals surface area (Å²) in [7, 11) is 0. The summed E-state index contributed by atoms with van der Waals surface area (Å²) in [6.45, 7) is 0. The van der Waals surface area contributed by atoms with Crippen molar-refractivity contribution in [1.29, 1.82) is 21.0 Å². The van der Waals surface area contributed by atoms with Crippen LogP contribution in [-0.4, -0.2) is 22.8 Å². The summed E-state index contributed by atoms with van der Waals surface area (Å²) in [5.41, 5.74) is 21.3. The van der Waals surface area contributed by atoms with Crippen molar-refractivity contribution in [3.63, 3.8) is 0 Å². The number of nitriles is 4. The molecule has 480 valence electrons. The molecule has 15 aromatic carbocycles. The summed E-state index contributed by atoms with van der Waals surface area (Å²) in [5, 5.41) is 55.6. The third-order valence-electron chi connectivity index (χ3n) is 20.7. The van der Waals surface area contributed by atoms with Gasteiger partial charge >= 0.3 is 0 Å². The van der Waals surface area contributed by atoms with Crippen LogP contribution in [0.15, 0.2) is 322 Å². The van der Waals surface area contributed by atoms with E-state index in [1.165, 1.54) is 47.1 Å². The fourth-order valence-corrected chi connectivity index (χ4v) is 17.7. The van der Waals surface area contributed by atoms with Crippen LogP contribution >= 0.6 is 11.3 Å². The van der Waals surface area contributed by atoms with Gasteiger partial charge in [0.25, 0.3) is 0 Å². The summed E-state index contributed by atoms with van der Waals surface area (Å²) in [6, 6.07) is 121. The van der Waals surface area contributed by atoms with Crippen LogP contribution < -0.4 is 0 Å². The van der Waals surface area contributed by atoms with E-state index in [0.717, 1.165) is 133 Å². The fraction of sp³-hybridized carbons (Fsp3) is 0. The SMILES string of the molecule is N#Cc1cc(-c2cc(C#N)cc(-n3c4ccccc4c4c5c6ccccc6n(-c6ccccc6)c5ccc43)c2)cc(-n2c3ccccc3c3ccccc32)c1.N#Cc1cc(-c2cc(C#N)cc(-n3c4ccccc4c4c5sc6ccccc6c5ccc43)c2)cc(-n2c3ccccc3c3ccccc32)c1. The number of rotatable bonds is 7. The van der Waals surface area contributed by atoms with Crippen molar-refractivity contribution in [3.05, 3.63) is 344 Å². The van der Waals surface area contributed by atoms with Crippen molar-refractivity contribution in [3.8, 4) is 75.0 Å². The molecular weight excluding hydrogens is 1290 g/mol. The van der Waals surface area contributed by atoms with Crippen molar-refractivity contribution in [2.75, 3.05) is 0 Å². The fourth-order valence-electron chi connectivity index (χ4n) is 16.5. The van der Waals surface area contributed by atoms with Gasteiger partial charge in [0.05, 0.1) is 102 Å². The van der Waals surface area contributed by atoms with Gasteiger partial charge in [0.15, 0.2) is 0 Å². The molecule has 0 radical (unpaired) electrons. The van der Waals surface area contributed by atoms with E-state index in [9.17, 15) is 21.0 Å². The minimum absolute atomic E-state index is 0.543. The second-order valence-electron chi connectivity index (χ2n) is 26.4. The molecule has 0 N–H and O–H groups in total. The topological polar surface area (TPSA) is 120 Å². The van der Waals surface area contributed by atoms with E-state index >= 15 is 0 Å². The van der Waals surface area contributed by atoms with E-state index in [-0.39, 0.29) is 0 Å². The molecule has 0 saturated heterocycles. The smallest absolute Gasteiger partial charge is 0.0992 e. The van der Waals surface area contributed by atoms with E-state index in [2.05, 4.69) is 296 Å². The molecule has 0 aliphatic rings. The number of para-hydroxylation sites is 8. The van der Waals surface area contributed by atoms with Crippen LogP contribution in [0, 0.1) is 45.3 Å². The Hall–Kier alpha value is -14.5. The van der Waals surface area contributed by atoms with Crippen LogP contribution in [0.3, 0.4) is 0 Å². The highest BCUT2D eigenvalue weighted by Gasteiger charge is 2.24. The molecule has 0 fully saturated rings. The third kappa shape index (κ3) is 9.14. The van der Waals surface area contributed by atoms with Gasteiger partial charge in [-0.15, -0.1) is 11.3 Å². The van der Waals surface area contributed by atoms with E-state index in [4.69, 9.17) is 0 Å². The lowest BCUT2D eigenvalue weighted by Crippen LogP contribution is -1.98. The molecule has 6 heterocycles. The molecule has 21 rings (SSSR count). The number of fused-ring (bicyclic) bond motifs is 20. The minimum Gasteiger partial charge on any atom is -0.309 e. The summed E-state index contributed by atoms with van der Waals surface area (Å²) in [4.78, 5) is 0. The van der Waals surface area contributed by atoms with Crippen molar-refractivity contribution < 1.29 is 0 Å². The van der Waals surface area contributed by atoms with E-state index < -0.39 is 0 Å². The van der Waals surface area contributed by atoms with Crippen LogP contribution in [0.2, 0.25) is 0 Å². The zero-order chi connectivity index (χ0) is 69.3. The van der Waals surface area contributed by atoms with E-state index in [1.54, 1.807) is 0 Å². The standard InChI is InChI=1S/C50H29N5.C44H24N4S/c51-30-32-24-34(28-37(26-32)54-43-18-8-4-14-39(43)40-15-5-9-19-44(40)54)35-25-33(31-52)27-38(29-35)55-46-21-11-7-17-42(46)50-48(55)23-22-47-49(50)41-16-6-10-20-45(41)53(47)36-12-2-1-3-13-36;45-25-27-19-29(23-31(21-27)47-38-13-5-1-9-33(38)34-10-2-6-14-39(34)47)30-20-28(26-46)22-32(24-30)48-40-15-7-3-12-37(40)43-41(48)18-17-36-35-11-4-8-16-42(35)49-44(36)43/h1-29H;1-24H. The largest absolute Gasteiger partial charge is 0.309 e. The van der Waals surface area contributed by atoms with Crippen LogP contribution in [0.4, 0.5) is 0 Å². The van der Waals surface area contributed by atoms with E-state index in [1.807, 2.05) is 84.1 Å². The summed E-state index contributed by atoms with van der Waals surface area (Å²) >= 11 is 1.83. The highest BCUT2D eigenvalue weighted by Crippen LogP contribution is 2.47. The van der Waals surface area contributed by atoms with Crippen LogP contribution in [0.25, 0.3) is 180 Å². The Morgan fingerprint density at radius 1 is 0.202 bits per heavy atom. The second-order valence-corrected chi connectivity index (χ2v) is 27.5. The molecule has 10 heteroatoms. The number of hydrogen-bond donors (Lipinski definition) is 0. The molecular formula is C94H53N9S. The molecule has 0 atom stereocenters. The average Bonchev–Trinajstić information content (AvgIpc) is 1.56. The molecule has 0 unspecified atom stereocenters. The van der Waals surface area contributed by atoms with Gasteiger partial charge in [-0.3, -0.25) is 0 Å². The molecule has 0 aliphatic carbocycles. The molecule has 0 bridgehead atoms.